The van der Waals surface area contributed by atoms with E-state index in [0.29, 0.717) is 11.5 Å². The van der Waals surface area contributed by atoms with Gasteiger partial charge in [0.25, 0.3) is 0 Å². The molecule has 1 rings (SSSR count). The third-order valence-electron chi connectivity index (χ3n) is 4.04. The molecule has 0 aromatic heterocycles. The van der Waals surface area contributed by atoms with Gasteiger partial charge in [0.1, 0.15) is 0 Å². The average Bonchev–Trinajstić information content (AvgIpc) is 1.98. The van der Waals surface area contributed by atoms with Gasteiger partial charge in [-0.25, -0.2) is 0 Å². The highest BCUT2D eigenvalue weighted by molar-refractivity contribution is 4.86. The molecule has 1 nitrogen and oxygen atoms in total. The molecule has 0 spiro atoms. The van der Waals surface area contributed by atoms with Crippen molar-refractivity contribution in [1.82, 2.24) is 5.32 Å². The molecule has 1 heteroatoms. The molecule has 15 heavy (non-hydrogen) atoms. The van der Waals surface area contributed by atoms with Crippen molar-refractivity contribution in [2.45, 2.75) is 60.4 Å². The van der Waals surface area contributed by atoms with E-state index in [-0.39, 0.29) is 0 Å². The summed E-state index contributed by atoms with van der Waals surface area (Å²) in [6, 6.07) is 0.692. The molecule has 1 saturated heterocycles. The van der Waals surface area contributed by atoms with Crippen molar-refractivity contribution < 1.29 is 0 Å². The van der Waals surface area contributed by atoms with Crippen LogP contribution in [0.1, 0.15) is 54.4 Å². The molecule has 0 aliphatic carbocycles. The summed E-state index contributed by atoms with van der Waals surface area (Å²) >= 11 is 0. The van der Waals surface area contributed by atoms with E-state index in [2.05, 4.69) is 46.9 Å². The van der Waals surface area contributed by atoms with Crippen molar-refractivity contribution in [2.24, 2.45) is 23.2 Å². The molecule has 1 N–H and O–H groups in total. The fourth-order valence-corrected chi connectivity index (χ4v) is 3.79. The maximum absolute atomic E-state index is 3.62. The molecule has 0 aromatic carbocycles. The van der Waals surface area contributed by atoms with Crippen LogP contribution in [0.4, 0.5) is 0 Å². The van der Waals surface area contributed by atoms with E-state index in [1.54, 1.807) is 0 Å². The Morgan fingerprint density at radius 1 is 1.00 bits per heavy atom. The molecule has 90 valence electrons. The van der Waals surface area contributed by atoms with Gasteiger partial charge in [-0.1, -0.05) is 34.6 Å². The predicted octanol–water partition coefficient (Wildman–Crippen LogP) is 3.69. The lowest BCUT2D eigenvalue weighted by molar-refractivity contribution is 0.0800. The molecule has 0 saturated carbocycles. The lowest BCUT2D eigenvalue weighted by Gasteiger charge is -2.42. The molecule has 0 bridgehead atoms. The summed E-state index contributed by atoms with van der Waals surface area (Å²) in [5.41, 5.74) is 0.454. The first-order valence-electron chi connectivity index (χ1n) is 6.55. The molecule has 4 unspecified atom stereocenters. The summed E-state index contributed by atoms with van der Waals surface area (Å²) in [7, 11) is 0. The zero-order valence-corrected chi connectivity index (χ0v) is 11.4. The summed E-state index contributed by atoms with van der Waals surface area (Å²) in [5, 5.41) is 3.62. The van der Waals surface area contributed by atoms with E-state index < -0.39 is 0 Å². The van der Waals surface area contributed by atoms with Crippen LogP contribution >= 0.6 is 0 Å². The van der Waals surface area contributed by atoms with E-state index in [1.807, 2.05) is 0 Å². The minimum absolute atomic E-state index is 0.454. The van der Waals surface area contributed by atoms with Gasteiger partial charge in [0, 0.05) is 6.04 Å². The van der Waals surface area contributed by atoms with Crippen molar-refractivity contribution >= 4 is 0 Å². The molecular weight excluding hydrogens is 182 g/mol. The number of nitrogens with one attached hydrogen (secondary N) is 1. The number of hydrogen-bond acceptors (Lipinski definition) is 1. The normalized spacial score (nSPS) is 39.6. The fourth-order valence-electron chi connectivity index (χ4n) is 3.79. The first-order valence-corrected chi connectivity index (χ1v) is 6.55. The maximum Gasteiger partial charge on any atom is 0.00413 e. The smallest absolute Gasteiger partial charge is 0.00413 e. The van der Waals surface area contributed by atoms with Crippen LogP contribution in [0.15, 0.2) is 0 Å². The first kappa shape index (κ1) is 13.0. The highest BCUT2D eigenvalue weighted by atomic mass is 14.9. The largest absolute Gasteiger partial charge is 0.314 e. The minimum atomic E-state index is 0.454. The highest BCUT2D eigenvalue weighted by Gasteiger charge is 2.35. The van der Waals surface area contributed by atoms with Gasteiger partial charge in [0.05, 0.1) is 0 Å². The Kier molecular flexibility index (Phi) is 4.22. The van der Waals surface area contributed by atoms with Gasteiger partial charge in [0.15, 0.2) is 0 Å². The Morgan fingerprint density at radius 3 is 2.13 bits per heavy atom. The van der Waals surface area contributed by atoms with E-state index in [9.17, 15) is 0 Å². The van der Waals surface area contributed by atoms with Crippen molar-refractivity contribution in [3.63, 3.8) is 0 Å². The predicted molar refractivity (Wildman–Crippen MR) is 68.0 cm³/mol. The summed E-state index contributed by atoms with van der Waals surface area (Å²) in [5.74, 6) is 2.55. The SMILES string of the molecule is CC1CC(C)C(C(C)(C)C)C(C)CCN1. The standard InChI is InChI=1S/C14H29N/c1-10-7-8-15-12(3)9-11(2)13(10)14(4,5)6/h10-13,15H,7-9H2,1-6H3. The Morgan fingerprint density at radius 2 is 1.60 bits per heavy atom. The maximum atomic E-state index is 3.62. The van der Waals surface area contributed by atoms with Crippen molar-refractivity contribution in [3.05, 3.63) is 0 Å². The Bertz CT molecular complexity index is 192. The summed E-state index contributed by atoms with van der Waals surface area (Å²) in [6.45, 7) is 15.6. The van der Waals surface area contributed by atoms with Crippen molar-refractivity contribution in [1.29, 1.82) is 0 Å². The molecule has 0 aromatic rings. The van der Waals surface area contributed by atoms with Crippen LogP contribution < -0.4 is 5.32 Å². The second-order valence-electron chi connectivity index (χ2n) is 6.73. The molecular formula is C14H29N. The Hall–Kier alpha value is -0.0400. The first-order chi connectivity index (χ1) is 6.82. The van der Waals surface area contributed by atoms with Crippen LogP contribution in [-0.4, -0.2) is 12.6 Å². The second-order valence-corrected chi connectivity index (χ2v) is 6.73. The summed E-state index contributed by atoms with van der Waals surface area (Å²) in [4.78, 5) is 0. The van der Waals surface area contributed by atoms with Crippen LogP contribution in [0.5, 0.6) is 0 Å². The minimum Gasteiger partial charge on any atom is -0.314 e. The lowest BCUT2D eigenvalue weighted by Crippen LogP contribution is -2.41. The third kappa shape index (κ3) is 3.48. The molecule has 0 amide bonds. The zero-order chi connectivity index (χ0) is 11.6. The van der Waals surface area contributed by atoms with Crippen LogP contribution in [0.3, 0.4) is 0 Å². The Labute approximate surface area is 96.0 Å². The van der Waals surface area contributed by atoms with Gasteiger partial charge >= 0.3 is 0 Å². The van der Waals surface area contributed by atoms with Crippen LogP contribution in [-0.2, 0) is 0 Å². The zero-order valence-electron chi connectivity index (χ0n) is 11.4. The third-order valence-corrected chi connectivity index (χ3v) is 4.04. The van der Waals surface area contributed by atoms with Gasteiger partial charge < -0.3 is 5.32 Å². The van der Waals surface area contributed by atoms with E-state index in [0.717, 1.165) is 17.8 Å². The molecule has 1 fully saturated rings. The van der Waals surface area contributed by atoms with Gasteiger partial charge in [0.2, 0.25) is 0 Å². The van der Waals surface area contributed by atoms with Crippen LogP contribution in [0, 0.1) is 23.2 Å². The van der Waals surface area contributed by atoms with Crippen LogP contribution in [0.2, 0.25) is 0 Å². The Balaban J connectivity index is 2.78. The van der Waals surface area contributed by atoms with Crippen LogP contribution in [0.25, 0.3) is 0 Å². The monoisotopic (exact) mass is 211 g/mol. The van der Waals surface area contributed by atoms with Gasteiger partial charge in [-0.3, -0.25) is 0 Å². The van der Waals surface area contributed by atoms with Crippen molar-refractivity contribution in [3.8, 4) is 0 Å². The second kappa shape index (κ2) is 4.86. The molecule has 0 radical (unpaired) electrons. The molecule has 4 atom stereocenters. The van der Waals surface area contributed by atoms with Gasteiger partial charge in [-0.05, 0) is 49.5 Å². The number of rotatable bonds is 0. The van der Waals surface area contributed by atoms with E-state index in [4.69, 9.17) is 0 Å². The summed E-state index contributed by atoms with van der Waals surface area (Å²) in [6.07, 6.45) is 2.66. The highest BCUT2D eigenvalue weighted by Crippen LogP contribution is 2.41. The van der Waals surface area contributed by atoms with Gasteiger partial charge in [-0.2, -0.15) is 0 Å². The van der Waals surface area contributed by atoms with E-state index in [1.165, 1.54) is 19.4 Å². The molecule has 1 aliphatic heterocycles. The number of hydrogen-bond donors (Lipinski definition) is 1. The molecule has 1 aliphatic rings. The lowest BCUT2D eigenvalue weighted by atomic mass is 9.65. The average molecular weight is 211 g/mol. The molecule has 1 heterocycles. The van der Waals surface area contributed by atoms with Crippen molar-refractivity contribution in [2.75, 3.05) is 6.54 Å². The summed E-state index contributed by atoms with van der Waals surface area (Å²) < 4.78 is 0. The quantitative estimate of drug-likeness (QED) is 0.644. The topological polar surface area (TPSA) is 12.0 Å². The van der Waals surface area contributed by atoms with E-state index >= 15 is 0 Å². The fraction of sp³-hybridized carbons (Fsp3) is 1.00. The van der Waals surface area contributed by atoms with Gasteiger partial charge in [-0.15, -0.1) is 0 Å².